The SMILES string of the molecule is O=C(Nc1ccc(-c2ccc(N3CCCC3)nn2)cc1)c1cccc(Br)c1. The minimum absolute atomic E-state index is 0.140. The largest absolute Gasteiger partial charge is 0.355 e. The fraction of sp³-hybridized carbons (Fsp3) is 0.190. The number of aromatic nitrogens is 2. The van der Waals surface area contributed by atoms with E-state index in [1.54, 1.807) is 12.1 Å². The molecule has 4 rings (SSSR count). The van der Waals surface area contributed by atoms with Gasteiger partial charge in [-0.1, -0.05) is 34.1 Å². The van der Waals surface area contributed by atoms with E-state index in [4.69, 9.17) is 0 Å². The highest BCUT2D eigenvalue weighted by molar-refractivity contribution is 9.10. The number of nitrogens with zero attached hydrogens (tertiary/aromatic N) is 3. The highest BCUT2D eigenvalue weighted by Crippen LogP contribution is 2.23. The number of hydrogen-bond donors (Lipinski definition) is 1. The number of nitrogens with one attached hydrogen (secondary N) is 1. The monoisotopic (exact) mass is 422 g/mol. The number of anilines is 2. The molecule has 5 nitrogen and oxygen atoms in total. The lowest BCUT2D eigenvalue weighted by Crippen LogP contribution is -2.19. The van der Waals surface area contributed by atoms with Crippen LogP contribution in [0.5, 0.6) is 0 Å². The normalized spacial score (nSPS) is 13.6. The summed E-state index contributed by atoms with van der Waals surface area (Å²) in [6, 6.07) is 19.0. The van der Waals surface area contributed by atoms with Crippen LogP contribution in [0.25, 0.3) is 11.3 Å². The molecular formula is C21H19BrN4O. The second-order valence-electron chi connectivity index (χ2n) is 6.51. The maximum absolute atomic E-state index is 12.3. The summed E-state index contributed by atoms with van der Waals surface area (Å²) in [5, 5.41) is 11.6. The van der Waals surface area contributed by atoms with E-state index in [2.05, 4.69) is 36.3 Å². The third-order valence-electron chi connectivity index (χ3n) is 4.61. The van der Waals surface area contributed by atoms with Crippen LogP contribution in [-0.2, 0) is 0 Å². The Balaban J connectivity index is 1.44. The maximum atomic E-state index is 12.3. The number of carbonyl (C=O) groups is 1. The van der Waals surface area contributed by atoms with E-state index in [1.807, 2.05) is 48.5 Å². The molecule has 1 aliphatic rings. The summed E-state index contributed by atoms with van der Waals surface area (Å²) in [5.41, 5.74) is 3.14. The smallest absolute Gasteiger partial charge is 0.255 e. The van der Waals surface area contributed by atoms with Gasteiger partial charge in [0.05, 0.1) is 5.69 Å². The second kappa shape index (κ2) is 7.88. The highest BCUT2D eigenvalue weighted by Gasteiger charge is 2.14. The molecule has 0 saturated carbocycles. The molecule has 0 spiro atoms. The topological polar surface area (TPSA) is 58.1 Å². The Hall–Kier alpha value is -2.73. The van der Waals surface area contributed by atoms with Crippen LogP contribution in [0.2, 0.25) is 0 Å². The highest BCUT2D eigenvalue weighted by atomic mass is 79.9. The van der Waals surface area contributed by atoms with E-state index >= 15 is 0 Å². The molecular weight excluding hydrogens is 404 g/mol. The van der Waals surface area contributed by atoms with Gasteiger partial charge >= 0.3 is 0 Å². The van der Waals surface area contributed by atoms with Gasteiger partial charge in [0.2, 0.25) is 0 Å². The molecule has 2 heterocycles. The zero-order valence-electron chi connectivity index (χ0n) is 14.7. The van der Waals surface area contributed by atoms with Gasteiger partial charge in [-0.15, -0.1) is 10.2 Å². The number of benzene rings is 2. The summed E-state index contributed by atoms with van der Waals surface area (Å²) in [5.74, 6) is 0.799. The Morgan fingerprint density at radius 1 is 0.963 bits per heavy atom. The third kappa shape index (κ3) is 4.17. The van der Waals surface area contributed by atoms with E-state index in [-0.39, 0.29) is 5.91 Å². The lowest BCUT2D eigenvalue weighted by atomic mass is 10.1. The molecule has 0 radical (unpaired) electrons. The van der Waals surface area contributed by atoms with Crippen LogP contribution in [0, 0.1) is 0 Å². The van der Waals surface area contributed by atoms with Crippen molar-refractivity contribution in [1.29, 1.82) is 0 Å². The predicted octanol–water partition coefficient (Wildman–Crippen LogP) is 4.76. The lowest BCUT2D eigenvalue weighted by Gasteiger charge is -2.15. The predicted molar refractivity (Wildman–Crippen MR) is 111 cm³/mol. The lowest BCUT2D eigenvalue weighted by molar-refractivity contribution is 0.102. The van der Waals surface area contributed by atoms with E-state index in [9.17, 15) is 4.79 Å². The van der Waals surface area contributed by atoms with Crippen molar-refractivity contribution < 1.29 is 4.79 Å². The average Bonchev–Trinajstić information content (AvgIpc) is 3.24. The van der Waals surface area contributed by atoms with Gasteiger partial charge in [0.25, 0.3) is 5.91 Å². The van der Waals surface area contributed by atoms with Crippen molar-refractivity contribution in [3.8, 4) is 11.3 Å². The van der Waals surface area contributed by atoms with Gasteiger partial charge in [0.1, 0.15) is 0 Å². The Morgan fingerprint density at radius 2 is 1.74 bits per heavy atom. The first kappa shape index (κ1) is 17.7. The number of halogens is 1. The van der Waals surface area contributed by atoms with Gasteiger partial charge in [0, 0.05) is 34.4 Å². The summed E-state index contributed by atoms with van der Waals surface area (Å²) in [6.07, 6.45) is 2.44. The molecule has 136 valence electrons. The Labute approximate surface area is 166 Å². The number of hydrogen-bond acceptors (Lipinski definition) is 4. The molecule has 1 aromatic heterocycles. The van der Waals surface area contributed by atoms with Gasteiger partial charge in [-0.05, 0) is 55.3 Å². The fourth-order valence-electron chi connectivity index (χ4n) is 3.15. The number of amides is 1. The van der Waals surface area contributed by atoms with Gasteiger partial charge < -0.3 is 10.2 Å². The van der Waals surface area contributed by atoms with Crippen LogP contribution < -0.4 is 10.2 Å². The average molecular weight is 423 g/mol. The molecule has 1 aliphatic heterocycles. The van der Waals surface area contributed by atoms with Crippen LogP contribution in [0.3, 0.4) is 0 Å². The van der Waals surface area contributed by atoms with Crippen molar-refractivity contribution in [2.45, 2.75) is 12.8 Å². The summed E-state index contributed by atoms with van der Waals surface area (Å²) >= 11 is 3.38. The van der Waals surface area contributed by atoms with E-state index in [1.165, 1.54) is 12.8 Å². The quantitative estimate of drug-likeness (QED) is 0.658. The zero-order chi connectivity index (χ0) is 18.6. The summed E-state index contributed by atoms with van der Waals surface area (Å²) in [4.78, 5) is 14.6. The molecule has 6 heteroatoms. The van der Waals surface area contributed by atoms with Crippen LogP contribution in [0.1, 0.15) is 23.2 Å². The molecule has 1 amide bonds. The third-order valence-corrected chi connectivity index (χ3v) is 5.10. The van der Waals surface area contributed by atoms with Crippen LogP contribution in [0.15, 0.2) is 65.1 Å². The Kier molecular flexibility index (Phi) is 5.16. The van der Waals surface area contributed by atoms with Gasteiger partial charge in [-0.3, -0.25) is 4.79 Å². The number of rotatable bonds is 4. The second-order valence-corrected chi connectivity index (χ2v) is 7.43. The number of carbonyl (C=O) groups excluding carboxylic acids is 1. The first-order chi connectivity index (χ1) is 13.2. The minimum atomic E-state index is -0.140. The van der Waals surface area contributed by atoms with Gasteiger partial charge in [-0.25, -0.2) is 0 Å². The molecule has 0 atom stereocenters. The molecule has 0 bridgehead atoms. The van der Waals surface area contributed by atoms with Gasteiger partial charge in [-0.2, -0.15) is 0 Å². The fourth-order valence-corrected chi connectivity index (χ4v) is 3.55. The molecule has 0 aliphatic carbocycles. The molecule has 27 heavy (non-hydrogen) atoms. The van der Waals surface area contributed by atoms with Crippen molar-refractivity contribution in [2.24, 2.45) is 0 Å². The summed E-state index contributed by atoms with van der Waals surface area (Å²) in [6.45, 7) is 2.11. The van der Waals surface area contributed by atoms with Crippen molar-refractivity contribution in [3.05, 3.63) is 70.7 Å². The van der Waals surface area contributed by atoms with E-state index < -0.39 is 0 Å². The van der Waals surface area contributed by atoms with Crippen molar-refractivity contribution in [3.63, 3.8) is 0 Å². The zero-order valence-corrected chi connectivity index (χ0v) is 16.3. The van der Waals surface area contributed by atoms with E-state index in [0.29, 0.717) is 5.56 Å². The first-order valence-corrected chi connectivity index (χ1v) is 9.74. The van der Waals surface area contributed by atoms with Crippen molar-refractivity contribution in [1.82, 2.24) is 10.2 Å². The minimum Gasteiger partial charge on any atom is -0.355 e. The van der Waals surface area contributed by atoms with Crippen molar-refractivity contribution >= 4 is 33.3 Å². The van der Waals surface area contributed by atoms with Crippen LogP contribution in [0.4, 0.5) is 11.5 Å². The summed E-state index contributed by atoms with van der Waals surface area (Å²) in [7, 11) is 0. The van der Waals surface area contributed by atoms with Crippen molar-refractivity contribution in [2.75, 3.05) is 23.3 Å². The van der Waals surface area contributed by atoms with Gasteiger partial charge in [0.15, 0.2) is 5.82 Å². The molecule has 0 unspecified atom stereocenters. The molecule has 1 N–H and O–H groups in total. The molecule has 1 fully saturated rings. The molecule has 1 saturated heterocycles. The van der Waals surface area contributed by atoms with Crippen LogP contribution >= 0.6 is 15.9 Å². The Bertz CT molecular complexity index is 935. The van der Waals surface area contributed by atoms with E-state index in [0.717, 1.165) is 40.3 Å². The molecule has 2 aromatic carbocycles. The maximum Gasteiger partial charge on any atom is 0.255 e. The van der Waals surface area contributed by atoms with Crippen LogP contribution in [-0.4, -0.2) is 29.2 Å². The standard InChI is InChI=1S/C21H19BrN4O/c22-17-5-3-4-16(14-17)21(27)23-18-8-6-15(7-9-18)19-10-11-20(25-24-19)26-12-1-2-13-26/h3-11,14H,1-2,12-13H2,(H,23,27). The summed E-state index contributed by atoms with van der Waals surface area (Å²) < 4.78 is 0.876. The molecule has 3 aromatic rings. The first-order valence-electron chi connectivity index (χ1n) is 8.95. The Morgan fingerprint density at radius 3 is 2.41 bits per heavy atom.